The highest BCUT2D eigenvalue weighted by molar-refractivity contribution is 5.92. The Morgan fingerprint density at radius 3 is 2.68 bits per heavy atom. The SMILES string of the molecule is Cc1ccc(NC(=O)CN(C)C2CCNC2)cc1.Cl. The molecule has 0 aromatic heterocycles. The van der Waals surface area contributed by atoms with Crippen molar-refractivity contribution in [2.45, 2.75) is 19.4 Å². The minimum atomic E-state index is 0. The van der Waals surface area contributed by atoms with E-state index in [0.29, 0.717) is 12.6 Å². The molecule has 0 aliphatic carbocycles. The fourth-order valence-corrected chi connectivity index (χ4v) is 2.21. The van der Waals surface area contributed by atoms with Crippen molar-refractivity contribution in [2.75, 3.05) is 32.0 Å². The minimum Gasteiger partial charge on any atom is -0.325 e. The molecule has 1 aliphatic heterocycles. The molecular formula is C14H22ClN3O. The van der Waals surface area contributed by atoms with E-state index in [2.05, 4.69) is 15.5 Å². The number of hydrogen-bond acceptors (Lipinski definition) is 3. The van der Waals surface area contributed by atoms with Crippen LogP contribution in [-0.4, -0.2) is 43.5 Å². The highest BCUT2D eigenvalue weighted by atomic mass is 35.5. The molecule has 4 nitrogen and oxygen atoms in total. The van der Waals surface area contributed by atoms with Gasteiger partial charge in [-0.2, -0.15) is 0 Å². The third kappa shape index (κ3) is 4.82. The molecule has 2 N–H and O–H groups in total. The Morgan fingerprint density at radius 1 is 1.42 bits per heavy atom. The van der Waals surface area contributed by atoms with Crippen molar-refractivity contribution >= 4 is 24.0 Å². The molecule has 106 valence electrons. The van der Waals surface area contributed by atoms with Crippen LogP contribution >= 0.6 is 12.4 Å². The lowest BCUT2D eigenvalue weighted by molar-refractivity contribution is -0.117. The van der Waals surface area contributed by atoms with Gasteiger partial charge in [0.15, 0.2) is 0 Å². The van der Waals surface area contributed by atoms with Crippen LogP contribution in [0.1, 0.15) is 12.0 Å². The third-order valence-electron chi connectivity index (χ3n) is 3.39. The van der Waals surface area contributed by atoms with Gasteiger partial charge in [0.25, 0.3) is 0 Å². The smallest absolute Gasteiger partial charge is 0.238 e. The Balaban J connectivity index is 0.00000180. The van der Waals surface area contributed by atoms with Crippen LogP contribution in [0.25, 0.3) is 0 Å². The molecule has 0 bridgehead atoms. The number of likely N-dealkylation sites (N-methyl/N-ethyl adjacent to an activating group) is 1. The monoisotopic (exact) mass is 283 g/mol. The van der Waals surface area contributed by atoms with Crippen LogP contribution in [-0.2, 0) is 4.79 Å². The van der Waals surface area contributed by atoms with Gasteiger partial charge in [0.2, 0.25) is 5.91 Å². The Hall–Kier alpha value is -1.10. The van der Waals surface area contributed by atoms with Crippen molar-refractivity contribution in [1.29, 1.82) is 0 Å². The standard InChI is InChI=1S/C14H21N3O.ClH/c1-11-3-5-12(6-4-11)16-14(18)10-17(2)13-7-8-15-9-13;/h3-6,13,15H,7-10H2,1-2H3,(H,16,18);1H. The van der Waals surface area contributed by atoms with Crippen molar-refractivity contribution in [3.8, 4) is 0 Å². The Bertz CT molecular complexity index is 402. The minimum absolute atomic E-state index is 0. The van der Waals surface area contributed by atoms with Crippen molar-refractivity contribution < 1.29 is 4.79 Å². The van der Waals surface area contributed by atoms with Crippen LogP contribution < -0.4 is 10.6 Å². The number of halogens is 1. The lowest BCUT2D eigenvalue weighted by atomic mass is 10.2. The maximum atomic E-state index is 11.9. The Kier molecular flexibility index (Phi) is 6.28. The number of amides is 1. The highest BCUT2D eigenvalue weighted by Gasteiger charge is 2.20. The second kappa shape index (κ2) is 7.48. The van der Waals surface area contributed by atoms with Gasteiger partial charge >= 0.3 is 0 Å². The van der Waals surface area contributed by atoms with Gasteiger partial charge in [0.05, 0.1) is 6.54 Å². The van der Waals surface area contributed by atoms with Crippen LogP contribution in [0.5, 0.6) is 0 Å². The summed E-state index contributed by atoms with van der Waals surface area (Å²) in [7, 11) is 2.01. The molecule has 5 heteroatoms. The zero-order valence-corrected chi connectivity index (χ0v) is 12.3. The van der Waals surface area contributed by atoms with Crippen LogP contribution in [0.2, 0.25) is 0 Å². The summed E-state index contributed by atoms with van der Waals surface area (Å²) in [4.78, 5) is 14.0. The Labute approximate surface area is 121 Å². The summed E-state index contributed by atoms with van der Waals surface area (Å²) in [5.74, 6) is 0.0493. The molecule has 2 rings (SSSR count). The second-order valence-electron chi connectivity index (χ2n) is 4.98. The number of aryl methyl sites for hydroxylation is 1. The highest BCUT2D eigenvalue weighted by Crippen LogP contribution is 2.09. The van der Waals surface area contributed by atoms with E-state index >= 15 is 0 Å². The van der Waals surface area contributed by atoms with E-state index < -0.39 is 0 Å². The zero-order chi connectivity index (χ0) is 13.0. The van der Waals surface area contributed by atoms with Crippen LogP contribution in [0.3, 0.4) is 0 Å². The summed E-state index contributed by atoms with van der Waals surface area (Å²) in [5.41, 5.74) is 2.06. The molecule has 1 amide bonds. The van der Waals surface area contributed by atoms with E-state index in [-0.39, 0.29) is 18.3 Å². The van der Waals surface area contributed by atoms with Gasteiger partial charge in [0.1, 0.15) is 0 Å². The van der Waals surface area contributed by atoms with E-state index in [0.717, 1.165) is 25.2 Å². The topological polar surface area (TPSA) is 44.4 Å². The largest absolute Gasteiger partial charge is 0.325 e. The average Bonchev–Trinajstić information content (AvgIpc) is 2.85. The van der Waals surface area contributed by atoms with Crippen molar-refractivity contribution in [1.82, 2.24) is 10.2 Å². The summed E-state index contributed by atoms with van der Waals surface area (Å²) >= 11 is 0. The number of nitrogens with one attached hydrogen (secondary N) is 2. The first-order valence-corrected chi connectivity index (χ1v) is 6.42. The molecule has 1 unspecified atom stereocenters. The van der Waals surface area contributed by atoms with Crippen molar-refractivity contribution in [2.24, 2.45) is 0 Å². The first-order chi connectivity index (χ1) is 8.65. The number of nitrogens with zero attached hydrogens (tertiary/aromatic N) is 1. The second-order valence-corrected chi connectivity index (χ2v) is 4.98. The first kappa shape index (κ1) is 16.0. The number of carbonyl (C=O) groups excluding carboxylic acids is 1. The lowest BCUT2D eigenvalue weighted by Crippen LogP contribution is -2.39. The predicted octanol–water partition coefficient (Wildman–Crippen LogP) is 1.65. The van der Waals surface area contributed by atoms with Crippen LogP contribution in [0.4, 0.5) is 5.69 Å². The van der Waals surface area contributed by atoms with E-state index in [4.69, 9.17) is 0 Å². The molecule has 1 heterocycles. The fraction of sp³-hybridized carbons (Fsp3) is 0.500. The molecule has 0 radical (unpaired) electrons. The summed E-state index contributed by atoms with van der Waals surface area (Å²) in [6.45, 7) is 4.51. The third-order valence-corrected chi connectivity index (χ3v) is 3.39. The molecule has 0 saturated carbocycles. The molecule has 1 fully saturated rings. The molecule has 1 aromatic carbocycles. The maximum Gasteiger partial charge on any atom is 0.238 e. The number of anilines is 1. The van der Waals surface area contributed by atoms with Crippen molar-refractivity contribution in [3.05, 3.63) is 29.8 Å². The van der Waals surface area contributed by atoms with E-state index in [1.165, 1.54) is 5.56 Å². The quantitative estimate of drug-likeness (QED) is 0.883. The lowest BCUT2D eigenvalue weighted by Gasteiger charge is -2.22. The van der Waals surface area contributed by atoms with Gasteiger partial charge < -0.3 is 10.6 Å². The van der Waals surface area contributed by atoms with Crippen molar-refractivity contribution in [3.63, 3.8) is 0 Å². The molecule has 1 aliphatic rings. The average molecular weight is 284 g/mol. The van der Waals surface area contributed by atoms with Gasteiger partial charge in [0, 0.05) is 18.3 Å². The number of hydrogen-bond donors (Lipinski definition) is 2. The summed E-state index contributed by atoms with van der Waals surface area (Å²) in [6, 6.07) is 8.35. The molecule has 0 spiro atoms. The molecule has 19 heavy (non-hydrogen) atoms. The molecular weight excluding hydrogens is 262 g/mol. The van der Waals surface area contributed by atoms with Gasteiger partial charge in [-0.05, 0) is 39.1 Å². The van der Waals surface area contributed by atoms with Crippen LogP contribution in [0.15, 0.2) is 24.3 Å². The summed E-state index contributed by atoms with van der Waals surface area (Å²) in [6.07, 6.45) is 1.12. The van der Waals surface area contributed by atoms with Crippen LogP contribution in [0, 0.1) is 6.92 Å². The number of rotatable bonds is 4. The summed E-state index contributed by atoms with van der Waals surface area (Å²) in [5, 5.41) is 6.23. The van der Waals surface area contributed by atoms with Gasteiger partial charge in [-0.25, -0.2) is 0 Å². The van der Waals surface area contributed by atoms with E-state index in [9.17, 15) is 4.79 Å². The van der Waals surface area contributed by atoms with E-state index in [1.54, 1.807) is 0 Å². The van der Waals surface area contributed by atoms with Gasteiger partial charge in [-0.1, -0.05) is 17.7 Å². The Morgan fingerprint density at radius 2 is 2.11 bits per heavy atom. The maximum absolute atomic E-state index is 11.9. The fourth-order valence-electron chi connectivity index (χ4n) is 2.21. The normalized spacial score (nSPS) is 18.2. The predicted molar refractivity (Wildman–Crippen MR) is 81.0 cm³/mol. The molecule has 1 atom stereocenters. The molecule has 1 saturated heterocycles. The summed E-state index contributed by atoms with van der Waals surface area (Å²) < 4.78 is 0. The number of carbonyl (C=O) groups is 1. The number of benzene rings is 1. The first-order valence-electron chi connectivity index (χ1n) is 6.42. The zero-order valence-electron chi connectivity index (χ0n) is 11.5. The van der Waals surface area contributed by atoms with E-state index in [1.807, 2.05) is 38.2 Å². The van der Waals surface area contributed by atoms with Gasteiger partial charge in [-0.3, -0.25) is 9.69 Å². The molecule has 1 aromatic rings. The van der Waals surface area contributed by atoms with Gasteiger partial charge in [-0.15, -0.1) is 12.4 Å².